The number of ether oxygens (including phenoxy) is 2. The van der Waals surface area contributed by atoms with Crippen molar-refractivity contribution in [2.24, 2.45) is 0 Å². The lowest BCUT2D eigenvalue weighted by molar-refractivity contribution is -0.144. The van der Waals surface area contributed by atoms with E-state index in [4.69, 9.17) is 14.7 Å². The minimum atomic E-state index is -0.931. The van der Waals surface area contributed by atoms with E-state index >= 15 is 0 Å². The highest BCUT2D eigenvalue weighted by molar-refractivity contribution is 6.04. The minimum absolute atomic E-state index is 0.0621. The van der Waals surface area contributed by atoms with Crippen LogP contribution in [0.1, 0.15) is 29.8 Å². The van der Waals surface area contributed by atoms with E-state index in [9.17, 15) is 9.59 Å². The molecule has 0 saturated heterocycles. The van der Waals surface area contributed by atoms with Gasteiger partial charge in [0, 0.05) is 11.1 Å². The number of nitriles is 1. The van der Waals surface area contributed by atoms with E-state index in [1.54, 1.807) is 38.1 Å². The van der Waals surface area contributed by atoms with Crippen LogP contribution in [0.2, 0.25) is 0 Å². The highest BCUT2D eigenvalue weighted by Crippen LogP contribution is 2.37. The van der Waals surface area contributed by atoms with Gasteiger partial charge in [-0.15, -0.1) is 0 Å². The smallest absolute Gasteiger partial charge is 0.350 e. The molecule has 0 spiro atoms. The maximum atomic E-state index is 11.8. The fraction of sp³-hybridized carbons (Fsp3) is 0.188. The van der Waals surface area contributed by atoms with Gasteiger partial charge >= 0.3 is 11.9 Å². The molecule has 0 bridgehead atoms. The molecule has 104 valence electrons. The first-order valence-electron chi connectivity index (χ1n) is 6.35. The molecule has 2 heterocycles. The third kappa shape index (κ3) is 1.93. The lowest BCUT2D eigenvalue weighted by Crippen LogP contribution is -2.22. The van der Waals surface area contributed by atoms with Gasteiger partial charge in [-0.25, -0.2) is 9.59 Å². The van der Waals surface area contributed by atoms with E-state index in [0.29, 0.717) is 22.5 Å². The van der Waals surface area contributed by atoms with Crippen molar-refractivity contribution in [3.8, 4) is 6.07 Å². The molecule has 3 rings (SSSR count). The second kappa shape index (κ2) is 4.32. The van der Waals surface area contributed by atoms with Gasteiger partial charge in [0.2, 0.25) is 0 Å². The van der Waals surface area contributed by atoms with Crippen molar-refractivity contribution in [3.05, 3.63) is 52.6 Å². The van der Waals surface area contributed by atoms with Gasteiger partial charge in [-0.05, 0) is 26.0 Å². The Morgan fingerprint density at radius 3 is 2.48 bits per heavy atom. The zero-order valence-electron chi connectivity index (χ0n) is 11.5. The fourth-order valence-electron chi connectivity index (χ4n) is 2.42. The monoisotopic (exact) mass is 281 g/mol. The summed E-state index contributed by atoms with van der Waals surface area (Å²) in [5, 5.41) is 9.11. The van der Waals surface area contributed by atoms with Gasteiger partial charge in [-0.2, -0.15) is 5.26 Å². The number of carbonyl (C=O) groups excluding carboxylic acids is 2. The molecule has 0 amide bonds. The van der Waals surface area contributed by atoms with Crippen LogP contribution in [0.5, 0.6) is 0 Å². The van der Waals surface area contributed by atoms with Gasteiger partial charge in [-0.3, -0.25) is 0 Å². The van der Waals surface area contributed by atoms with Crippen LogP contribution >= 0.6 is 0 Å². The number of hydrogen-bond acceptors (Lipinski definition) is 5. The third-order valence-electron chi connectivity index (χ3n) is 3.47. The molecule has 0 aromatic heterocycles. The molecule has 2 aliphatic rings. The average Bonchev–Trinajstić information content (AvgIpc) is 2.86. The molecule has 0 atom stereocenters. The topological polar surface area (TPSA) is 76.4 Å². The second-order valence-corrected chi connectivity index (χ2v) is 5.24. The summed E-state index contributed by atoms with van der Waals surface area (Å²) < 4.78 is 10.4. The summed E-state index contributed by atoms with van der Waals surface area (Å²) in [6.45, 7) is 3.37. The number of cyclic esters (lactones) is 2. The molecular weight excluding hydrogens is 270 g/mol. The first-order chi connectivity index (χ1) is 9.94. The predicted molar refractivity (Wildman–Crippen MR) is 72.6 cm³/mol. The lowest BCUT2D eigenvalue weighted by atomic mass is 9.94. The predicted octanol–water partition coefficient (Wildman–Crippen LogP) is 2.35. The summed E-state index contributed by atoms with van der Waals surface area (Å²) in [5.74, 6) is -0.782. The number of rotatable bonds is 1. The van der Waals surface area contributed by atoms with Crippen molar-refractivity contribution in [2.75, 3.05) is 0 Å². The Labute approximate surface area is 121 Å². The third-order valence-corrected chi connectivity index (χ3v) is 3.47. The largest absolute Gasteiger partial charge is 0.451 e. The summed E-state index contributed by atoms with van der Waals surface area (Å²) in [7, 11) is 0. The Bertz CT molecular complexity index is 778. The zero-order chi connectivity index (χ0) is 15.2. The molecule has 21 heavy (non-hydrogen) atoms. The summed E-state index contributed by atoms with van der Waals surface area (Å²) >= 11 is 0. The molecule has 0 N–H and O–H groups in total. The van der Waals surface area contributed by atoms with Gasteiger partial charge in [0.15, 0.2) is 0 Å². The van der Waals surface area contributed by atoms with Gasteiger partial charge < -0.3 is 9.47 Å². The molecule has 0 fully saturated rings. The van der Waals surface area contributed by atoms with Gasteiger partial charge in [0.25, 0.3) is 0 Å². The van der Waals surface area contributed by atoms with Crippen LogP contribution in [-0.4, -0.2) is 17.5 Å². The van der Waals surface area contributed by atoms with Crippen molar-refractivity contribution in [3.63, 3.8) is 0 Å². The number of carbonyl (C=O) groups is 2. The Hall–Kier alpha value is -2.87. The van der Waals surface area contributed by atoms with E-state index in [-0.39, 0.29) is 5.57 Å². The van der Waals surface area contributed by atoms with Gasteiger partial charge in [0.1, 0.15) is 23.0 Å². The molecule has 0 aliphatic carbocycles. The number of fused-ring (bicyclic) bond motifs is 1. The van der Waals surface area contributed by atoms with Crippen molar-refractivity contribution in [1.82, 2.24) is 0 Å². The first-order valence-corrected chi connectivity index (χ1v) is 6.35. The highest BCUT2D eigenvalue weighted by Gasteiger charge is 2.40. The minimum Gasteiger partial charge on any atom is -0.451 e. The van der Waals surface area contributed by atoms with Crippen molar-refractivity contribution < 1.29 is 19.1 Å². The average molecular weight is 281 g/mol. The molecule has 5 heteroatoms. The first kappa shape index (κ1) is 13.1. The van der Waals surface area contributed by atoms with Crippen LogP contribution in [0, 0.1) is 11.3 Å². The lowest BCUT2D eigenvalue weighted by Gasteiger charge is -2.19. The van der Waals surface area contributed by atoms with Crippen LogP contribution in [0.4, 0.5) is 0 Å². The fourth-order valence-corrected chi connectivity index (χ4v) is 2.42. The summed E-state index contributed by atoms with van der Waals surface area (Å²) in [5.41, 5.74) is 0.523. The van der Waals surface area contributed by atoms with Crippen molar-refractivity contribution >= 4 is 17.7 Å². The number of esters is 2. The van der Waals surface area contributed by atoms with Crippen molar-refractivity contribution in [1.29, 1.82) is 5.26 Å². The summed E-state index contributed by atoms with van der Waals surface area (Å²) in [6.07, 6.45) is 1.53. The van der Waals surface area contributed by atoms with E-state index in [0.717, 1.165) is 0 Å². The molecule has 5 nitrogen and oxygen atoms in total. The standard InChI is InChI=1S/C16H11NO4/c1-16(2)12(11(8-17)15(19)21-16)7-13-9-5-3-4-6-10(9)14(18)20-13/h3-7H,1-2H3/b13-7+. The van der Waals surface area contributed by atoms with Crippen LogP contribution in [0.15, 0.2) is 41.5 Å². The van der Waals surface area contributed by atoms with Crippen molar-refractivity contribution in [2.45, 2.75) is 19.4 Å². The molecular formula is C16H11NO4. The quantitative estimate of drug-likeness (QED) is 0.738. The Balaban J connectivity index is 2.16. The van der Waals surface area contributed by atoms with Crippen LogP contribution in [0.3, 0.4) is 0 Å². The Morgan fingerprint density at radius 2 is 1.81 bits per heavy atom. The summed E-state index contributed by atoms with van der Waals surface area (Å²) in [4.78, 5) is 23.5. The number of nitrogens with zero attached hydrogens (tertiary/aromatic N) is 1. The van der Waals surface area contributed by atoms with Gasteiger partial charge in [-0.1, -0.05) is 18.2 Å². The number of hydrogen-bond donors (Lipinski definition) is 0. The van der Waals surface area contributed by atoms with Crippen LogP contribution < -0.4 is 0 Å². The van der Waals surface area contributed by atoms with Crippen LogP contribution in [0.25, 0.3) is 5.76 Å². The molecule has 2 aliphatic heterocycles. The molecule has 1 aromatic rings. The second-order valence-electron chi connectivity index (χ2n) is 5.24. The molecule has 1 aromatic carbocycles. The van der Waals surface area contributed by atoms with Gasteiger partial charge in [0.05, 0.1) is 5.56 Å². The SMILES string of the molecule is CC1(C)OC(=O)C(C#N)=C1/C=C1/OC(=O)c2ccccc21. The Morgan fingerprint density at radius 1 is 1.14 bits per heavy atom. The van der Waals surface area contributed by atoms with Crippen LogP contribution in [-0.2, 0) is 14.3 Å². The normalized spacial score (nSPS) is 21.1. The van der Waals surface area contributed by atoms with E-state index < -0.39 is 17.5 Å². The van der Waals surface area contributed by atoms with E-state index in [1.165, 1.54) is 6.08 Å². The Kier molecular flexibility index (Phi) is 2.70. The highest BCUT2D eigenvalue weighted by atomic mass is 16.6. The van der Waals surface area contributed by atoms with E-state index in [2.05, 4.69) is 0 Å². The maximum Gasteiger partial charge on any atom is 0.350 e. The molecule has 0 saturated carbocycles. The molecule has 0 radical (unpaired) electrons. The summed E-state index contributed by atoms with van der Waals surface area (Å²) in [6, 6.07) is 8.80. The zero-order valence-corrected chi connectivity index (χ0v) is 11.5. The van der Waals surface area contributed by atoms with E-state index in [1.807, 2.05) is 6.07 Å². The number of benzene rings is 1. The molecule has 0 unspecified atom stereocenters. The maximum absolute atomic E-state index is 11.8.